The van der Waals surface area contributed by atoms with Crippen molar-refractivity contribution in [1.29, 1.82) is 5.26 Å². The Morgan fingerprint density at radius 2 is 1.95 bits per heavy atom. The lowest BCUT2D eigenvalue weighted by molar-refractivity contribution is 0.845. The van der Waals surface area contributed by atoms with Crippen LogP contribution < -0.4 is 0 Å². The third-order valence-electron chi connectivity index (χ3n) is 3.24. The number of fused-ring (bicyclic) bond motifs is 1. The SMILES string of the molecule is N#Cc1ncn(-c2ncnc3scc(-c4ccccc4)c23)n1. The summed E-state index contributed by atoms with van der Waals surface area (Å²) in [6.45, 7) is 0. The number of thiophene rings is 1. The highest BCUT2D eigenvalue weighted by Crippen LogP contribution is 2.35. The van der Waals surface area contributed by atoms with Crippen LogP contribution in [0.5, 0.6) is 0 Å². The minimum atomic E-state index is 0.114. The van der Waals surface area contributed by atoms with E-state index in [0.717, 1.165) is 21.3 Å². The van der Waals surface area contributed by atoms with E-state index in [1.165, 1.54) is 17.3 Å². The van der Waals surface area contributed by atoms with Gasteiger partial charge < -0.3 is 0 Å². The van der Waals surface area contributed by atoms with Crippen molar-refractivity contribution in [3.63, 3.8) is 0 Å². The molecule has 0 saturated heterocycles. The van der Waals surface area contributed by atoms with Crippen molar-refractivity contribution in [3.8, 4) is 23.0 Å². The average Bonchev–Trinajstić information content (AvgIpc) is 3.22. The molecule has 6 nitrogen and oxygen atoms in total. The van der Waals surface area contributed by atoms with E-state index in [4.69, 9.17) is 5.26 Å². The molecule has 0 aliphatic rings. The minimum absolute atomic E-state index is 0.114. The maximum absolute atomic E-state index is 8.88. The fourth-order valence-corrected chi connectivity index (χ4v) is 3.19. The molecular formula is C15H8N6S. The van der Waals surface area contributed by atoms with Gasteiger partial charge in [0.1, 0.15) is 23.6 Å². The van der Waals surface area contributed by atoms with Gasteiger partial charge in [-0.1, -0.05) is 30.3 Å². The standard InChI is InChI=1S/C15H8N6S/c16-6-12-19-9-21(20-12)14-13-11(10-4-2-1-3-5-10)7-22-15(13)18-8-17-14/h1-5,7-9H. The minimum Gasteiger partial charge on any atom is -0.225 e. The number of nitrogens with zero attached hydrogens (tertiary/aromatic N) is 6. The Morgan fingerprint density at radius 3 is 2.73 bits per heavy atom. The number of aromatic nitrogens is 5. The molecule has 0 amide bonds. The summed E-state index contributed by atoms with van der Waals surface area (Å²) in [5.74, 6) is 0.738. The molecule has 4 rings (SSSR count). The van der Waals surface area contributed by atoms with Crippen molar-refractivity contribution in [2.24, 2.45) is 0 Å². The fourth-order valence-electron chi connectivity index (χ4n) is 2.28. The highest BCUT2D eigenvalue weighted by atomic mass is 32.1. The molecule has 1 aromatic carbocycles. The predicted octanol–water partition coefficient (Wildman–Crippen LogP) is 2.81. The van der Waals surface area contributed by atoms with E-state index in [1.807, 2.05) is 36.4 Å². The first-order valence-electron chi connectivity index (χ1n) is 6.46. The zero-order valence-corrected chi connectivity index (χ0v) is 12.0. The molecule has 4 aromatic rings. The van der Waals surface area contributed by atoms with Crippen LogP contribution in [0.1, 0.15) is 5.82 Å². The van der Waals surface area contributed by atoms with Crippen LogP contribution in [-0.2, 0) is 0 Å². The summed E-state index contributed by atoms with van der Waals surface area (Å²) in [7, 11) is 0. The summed E-state index contributed by atoms with van der Waals surface area (Å²) in [5.41, 5.74) is 2.13. The lowest BCUT2D eigenvalue weighted by Gasteiger charge is -2.04. The second-order valence-electron chi connectivity index (χ2n) is 4.52. The molecular weight excluding hydrogens is 296 g/mol. The Morgan fingerprint density at radius 1 is 1.09 bits per heavy atom. The van der Waals surface area contributed by atoms with Gasteiger partial charge in [0.15, 0.2) is 5.82 Å². The lowest BCUT2D eigenvalue weighted by Crippen LogP contribution is -2.00. The molecule has 3 heterocycles. The highest BCUT2D eigenvalue weighted by molar-refractivity contribution is 7.17. The molecule has 22 heavy (non-hydrogen) atoms. The maximum Gasteiger partial charge on any atom is 0.252 e. The van der Waals surface area contributed by atoms with E-state index in [2.05, 4.69) is 25.4 Å². The van der Waals surface area contributed by atoms with Crippen molar-refractivity contribution in [2.45, 2.75) is 0 Å². The molecule has 0 radical (unpaired) electrons. The van der Waals surface area contributed by atoms with Gasteiger partial charge >= 0.3 is 0 Å². The first kappa shape index (κ1) is 12.6. The molecule has 104 valence electrons. The van der Waals surface area contributed by atoms with Gasteiger partial charge in [0.25, 0.3) is 5.82 Å². The third kappa shape index (κ3) is 1.94. The van der Waals surface area contributed by atoms with Gasteiger partial charge in [-0.2, -0.15) is 5.26 Å². The Balaban J connectivity index is 2.00. The summed E-state index contributed by atoms with van der Waals surface area (Å²) in [4.78, 5) is 13.5. The van der Waals surface area contributed by atoms with Crippen LogP contribution in [-0.4, -0.2) is 24.7 Å². The fraction of sp³-hybridized carbons (Fsp3) is 0. The summed E-state index contributed by atoms with van der Waals surface area (Å²) in [6, 6.07) is 12.0. The number of hydrogen-bond acceptors (Lipinski definition) is 6. The van der Waals surface area contributed by atoms with Crippen molar-refractivity contribution in [3.05, 3.63) is 54.2 Å². The third-order valence-corrected chi connectivity index (χ3v) is 4.13. The highest BCUT2D eigenvalue weighted by Gasteiger charge is 2.15. The van der Waals surface area contributed by atoms with Crippen LogP contribution in [0.3, 0.4) is 0 Å². The van der Waals surface area contributed by atoms with Crippen LogP contribution in [0.2, 0.25) is 0 Å². The van der Waals surface area contributed by atoms with Crippen LogP contribution in [0.4, 0.5) is 0 Å². The molecule has 0 aliphatic heterocycles. The Labute approximate surface area is 129 Å². The zero-order chi connectivity index (χ0) is 14.9. The number of rotatable bonds is 2. The lowest BCUT2D eigenvalue weighted by atomic mass is 10.1. The normalized spacial score (nSPS) is 10.7. The number of hydrogen-bond donors (Lipinski definition) is 0. The molecule has 0 fully saturated rings. The first-order valence-corrected chi connectivity index (χ1v) is 7.34. The van der Waals surface area contributed by atoms with Crippen molar-refractivity contribution < 1.29 is 0 Å². The van der Waals surface area contributed by atoms with Crippen LogP contribution >= 0.6 is 11.3 Å². The van der Waals surface area contributed by atoms with Crippen molar-refractivity contribution in [1.82, 2.24) is 24.7 Å². The van der Waals surface area contributed by atoms with Gasteiger partial charge in [0.2, 0.25) is 0 Å². The van der Waals surface area contributed by atoms with Gasteiger partial charge in [0.05, 0.1) is 5.39 Å². The molecule has 0 saturated carbocycles. The van der Waals surface area contributed by atoms with Gasteiger partial charge in [-0.15, -0.1) is 16.4 Å². The van der Waals surface area contributed by atoms with Crippen LogP contribution in [0.25, 0.3) is 27.2 Å². The summed E-state index contributed by atoms with van der Waals surface area (Å²) >= 11 is 1.55. The molecule has 0 N–H and O–H groups in total. The van der Waals surface area contributed by atoms with Crippen molar-refractivity contribution >= 4 is 21.6 Å². The predicted molar refractivity (Wildman–Crippen MR) is 82.5 cm³/mol. The van der Waals surface area contributed by atoms with E-state index < -0.39 is 0 Å². The number of benzene rings is 1. The molecule has 3 aromatic heterocycles. The summed E-state index contributed by atoms with van der Waals surface area (Å²) in [5, 5.41) is 16.0. The molecule has 0 aliphatic carbocycles. The van der Waals surface area contributed by atoms with E-state index in [1.54, 1.807) is 11.3 Å². The van der Waals surface area contributed by atoms with Gasteiger partial charge in [0, 0.05) is 10.9 Å². The van der Waals surface area contributed by atoms with E-state index in [-0.39, 0.29) is 5.82 Å². The molecule has 0 atom stereocenters. The Hall–Kier alpha value is -3.11. The zero-order valence-electron chi connectivity index (χ0n) is 11.2. The Bertz CT molecular complexity index is 996. The second-order valence-corrected chi connectivity index (χ2v) is 5.38. The average molecular weight is 304 g/mol. The topological polar surface area (TPSA) is 80.3 Å². The van der Waals surface area contributed by atoms with E-state index in [9.17, 15) is 0 Å². The van der Waals surface area contributed by atoms with E-state index in [0.29, 0.717) is 5.82 Å². The maximum atomic E-state index is 8.88. The van der Waals surface area contributed by atoms with Gasteiger partial charge in [-0.25, -0.2) is 19.6 Å². The van der Waals surface area contributed by atoms with Crippen LogP contribution in [0, 0.1) is 11.3 Å². The summed E-state index contributed by atoms with van der Waals surface area (Å²) < 4.78 is 1.52. The van der Waals surface area contributed by atoms with Crippen molar-refractivity contribution in [2.75, 3.05) is 0 Å². The quantitative estimate of drug-likeness (QED) is 0.569. The van der Waals surface area contributed by atoms with Gasteiger partial charge in [-0.05, 0) is 5.56 Å². The first-order chi connectivity index (χ1) is 10.9. The largest absolute Gasteiger partial charge is 0.252 e. The summed E-state index contributed by atoms with van der Waals surface area (Å²) in [6.07, 6.45) is 2.99. The number of nitriles is 1. The molecule has 0 spiro atoms. The molecule has 0 bridgehead atoms. The van der Waals surface area contributed by atoms with Crippen LogP contribution in [0.15, 0.2) is 48.4 Å². The smallest absolute Gasteiger partial charge is 0.225 e. The monoisotopic (exact) mass is 304 g/mol. The Kier molecular flexibility index (Phi) is 2.88. The second kappa shape index (κ2) is 5.02. The molecule has 0 unspecified atom stereocenters. The molecule has 7 heteroatoms. The van der Waals surface area contributed by atoms with Gasteiger partial charge in [-0.3, -0.25) is 0 Å². The van der Waals surface area contributed by atoms with E-state index >= 15 is 0 Å².